The normalized spacial score (nSPS) is 12.8. The van der Waals surface area contributed by atoms with E-state index in [1.54, 1.807) is 0 Å². The highest BCUT2D eigenvalue weighted by Gasteiger charge is 1.99. The summed E-state index contributed by atoms with van der Waals surface area (Å²) < 4.78 is 38.7. The number of hydrogen-bond donors (Lipinski definition) is 0. The highest BCUT2D eigenvalue weighted by molar-refractivity contribution is 5.08. The van der Waals surface area contributed by atoms with E-state index in [1.165, 1.54) is 6.92 Å². The van der Waals surface area contributed by atoms with Gasteiger partial charge in [0.25, 0.3) is 0 Å². The van der Waals surface area contributed by atoms with Gasteiger partial charge in [0, 0.05) is 6.17 Å². The molecule has 0 aliphatic heterocycles. The highest BCUT2D eigenvalue weighted by Crippen LogP contribution is 2.02. The van der Waals surface area contributed by atoms with Gasteiger partial charge in [0.1, 0.15) is 0 Å². The third kappa shape index (κ3) is 1.22. The molecule has 1 heterocycles. The summed E-state index contributed by atoms with van der Waals surface area (Å²) in [6.45, 7) is 1.35. The molecule has 0 saturated carbocycles. The quantitative estimate of drug-likeness (QED) is 0.488. The van der Waals surface area contributed by atoms with Gasteiger partial charge in [0.2, 0.25) is 5.95 Å². The van der Waals surface area contributed by atoms with Crippen LogP contribution in [0.1, 0.15) is 8.30 Å². The Bertz CT molecular complexity index is 275. The van der Waals surface area contributed by atoms with Crippen molar-refractivity contribution in [3.8, 4) is 0 Å². The van der Waals surface area contributed by atoms with Crippen molar-refractivity contribution in [2.75, 3.05) is 0 Å². The van der Waals surface area contributed by atoms with Crippen molar-refractivity contribution < 1.29 is 11.5 Å². The molecule has 1 aromatic rings. The minimum Gasteiger partial charge on any atom is -0.225 e. The molecule has 0 aliphatic rings. The lowest BCUT2D eigenvalue weighted by molar-refractivity contribution is 0.478. The van der Waals surface area contributed by atoms with Crippen molar-refractivity contribution >= 4 is 0 Å². The summed E-state index contributed by atoms with van der Waals surface area (Å²) in [5.41, 5.74) is 0.0453. The molecule has 0 fully saturated rings. The Morgan fingerprint density at radius 2 is 2.33 bits per heavy atom. The van der Waals surface area contributed by atoms with E-state index in [1.807, 2.05) is 0 Å². The standard InChI is InChI=1S/C6H5F2N/c1-4-2-5(7)6(8)9-3-4/h2-3H,1H3/i2D,3D. The molecule has 9 heavy (non-hydrogen) atoms. The molecular formula is C6H5F2N. The summed E-state index contributed by atoms with van der Waals surface area (Å²) in [5, 5.41) is 0. The van der Waals surface area contributed by atoms with Crippen LogP contribution in [0.25, 0.3) is 0 Å². The maximum atomic E-state index is 12.5. The molecule has 0 saturated heterocycles. The predicted molar refractivity (Wildman–Crippen MR) is 28.9 cm³/mol. The van der Waals surface area contributed by atoms with Crippen molar-refractivity contribution in [3.05, 3.63) is 29.5 Å². The maximum absolute atomic E-state index is 12.5. The summed E-state index contributed by atoms with van der Waals surface area (Å²) in [4.78, 5) is 2.94. The van der Waals surface area contributed by atoms with Gasteiger partial charge >= 0.3 is 0 Å². The van der Waals surface area contributed by atoms with Crippen LogP contribution in [0.5, 0.6) is 0 Å². The zero-order valence-corrected chi connectivity index (χ0v) is 4.70. The van der Waals surface area contributed by atoms with Crippen LogP contribution in [0, 0.1) is 18.7 Å². The van der Waals surface area contributed by atoms with E-state index >= 15 is 0 Å². The fraction of sp³-hybridized carbons (Fsp3) is 0.167. The number of rotatable bonds is 0. The molecule has 0 spiro atoms. The lowest BCUT2D eigenvalue weighted by atomic mass is 10.3. The Balaban J connectivity index is 3.46. The second kappa shape index (κ2) is 2.09. The van der Waals surface area contributed by atoms with Crippen LogP contribution >= 0.6 is 0 Å². The minimum atomic E-state index is -1.38. The second-order valence-corrected chi connectivity index (χ2v) is 1.58. The van der Waals surface area contributed by atoms with Crippen LogP contribution in [0.4, 0.5) is 8.78 Å². The second-order valence-electron chi connectivity index (χ2n) is 1.58. The van der Waals surface area contributed by atoms with Gasteiger partial charge in [-0.25, -0.2) is 9.37 Å². The number of nitrogens with zero attached hydrogens (tertiary/aromatic N) is 1. The van der Waals surface area contributed by atoms with E-state index in [-0.39, 0.29) is 5.56 Å². The fourth-order valence-corrected chi connectivity index (χ4v) is 0.426. The van der Waals surface area contributed by atoms with Gasteiger partial charge in [-0.15, -0.1) is 0 Å². The zero-order chi connectivity index (χ0) is 8.59. The molecule has 0 radical (unpaired) electrons. The molecule has 0 N–H and O–H groups in total. The van der Waals surface area contributed by atoms with Crippen molar-refractivity contribution in [1.82, 2.24) is 4.98 Å². The SMILES string of the molecule is [2H]c1nc(F)c(F)c([2H])c1C. The summed E-state index contributed by atoms with van der Waals surface area (Å²) in [6.07, 6.45) is -0.395. The van der Waals surface area contributed by atoms with Crippen molar-refractivity contribution in [2.45, 2.75) is 6.92 Å². The van der Waals surface area contributed by atoms with Gasteiger partial charge in [-0.3, -0.25) is 0 Å². The highest BCUT2D eigenvalue weighted by atomic mass is 19.2. The monoisotopic (exact) mass is 131 g/mol. The Kier molecular flexibility index (Phi) is 0.912. The molecule has 0 amide bonds. The Hall–Kier alpha value is -0.990. The topological polar surface area (TPSA) is 12.9 Å². The van der Waals surface area contributed by atoms with Gasteiger partial charge in [0.05, 0.1) is 2.74 Å². The van der Waals surface area contributed by atoms with Gasteiger partial charge in [-0.2, -0.15) is 4.39 Å². The van der Waals surface area contributed by atoms with Gasteiger partial charge in [-0.05, 0) is 18.5 Å². The average Bonchev–Trinajstić information content (AvgIpc) is 1.97. The third-order valence-electron chi connectivity index (χ3n) is 0.800. The molecule has 0 aliphatic carbocycles. The molecule has 0 atom stereocenters. The molecule has 48 valence electrons. The zero-order valence-electron chi connectivity index (χ0n) is 6.70. The molecule has 1 nitrogen and oxygen atoms in total. The van der Waals surface area contributed by atoms with Gasteiger partial charge < -0.3 is 0 Å². The van der Waals surface area contributed by atoms with E-state index < -0.39 is 24.0 Å². The molecule has 1 rings (SSSR count). The Morgan fingerprint density at radius 1 is 1.67 bits per heavy atom. The van der Waals surface area contributed by atoms with Gasteiger partial charge in [-0.1, -0.05) is 0 Å². The number of halogens is 2. The fourth-order valence-electron chi connectivity index (χ4n) is 0.426. The van der Waals surface area contributed by atoms with Crippen molar-refractivity contribution in [3.63, 3.8) is 0 Å². The summed E-state index contributed by atoms with van der Waals surface area (Å²) in [6, 6.07) is -0.595. The van der Waals surface area contributed by atoms with E-state index in [4.69, 9.17) is 2.74 Å². The van der Waals surface area contributed by atoms with E-state index in [0.717, 1.165) is 0 Å². The van der Waals surface area contributed by atoms with E-state index in [0.29, 0.717) is 0 Å². The number of hydrogen-bond acceptors (Lipinski definition) is 1. The Morgan fingerprint density at radius 3 is 3.00 bits per heavy atom. The van der Waals surface area contributed by atoms with Crippen LogP contribution in [-0.4, -0.2) is 4.98 Å². The number of pyridine rings is 1. The molecule has 0 unspecified atom stereocenters. The van der Waals surface area contributed by atoms with Crippen LogP contribution in [0.3, 0.4) is 0 Å². The summed E-state index contributed by atoms with van der Waals surface area (Å²) in [5.74, 6) is -2.68. The van der Waals surface area contributed by atoms with Gasteiger partial charge in [0.15, 0.2) is 5.82 Å². The molecule has 0 bridgehead atoms. The summed E-state index contributed by atoms with van der Waals surface area (Å²) >= 11 is 0. The molecule has 3 heteroatoms. The third-order valence-corrected chi connectivity index (χ3v) is 0.800. The van der Waals surface area contributed by atoms with E-state index in [9.17, 15) is 8.78 Å². The first kappa shape index (κ1) is 3.93. The first-order valence-electron chi connectivity index (χ1n) is 3.33. The first-order chi connectivity index (χ1) is 5.04. The largest absolute Gasteiger partial charge is 0.248 e. The maximum Gasteiger partial charge on any atom is 0.248 e. The number of aromatic nitrogens is 1. The summed E-state index contributed by atoms with van der Waals surface area (Å²) in [7, 11) is 0. The van der Waals surface area contributed by atoms with Crippen molar-refractivity contribution in [2.24, 2.45) is 0 Å². The Labute approximate surface area is 54.2 Å². The predicted octanol–water partition coefficient (Wildman–Crippen LogP) is 1.67. The van der Waals surface area contributed by atoms with Crippen LogP contribution in [0.15, 0.2) is 12.2 Å². The van der Waals surface area contributed by atoms with Crippen molar-refractivity contribution in [1.29, 1.82) is 0 Å². The minimum absolute atomic E-state index is 0.0453. The van der Waals surface area contributed by atoms with Crippen LogP contribution < -0.4 is 0 Å². The smallest absolute Gasteiger partial charge is 0.225 e. The van der Waals surface area contributed by atoms with Crippen LogP contribution in [-0.2, 0) is 0 Å². The van der Waals surface area contributed by atoms with Crippen LogP contribution in [0.2, 0.25) is 0 Å². The molecule has 1 aromatic heterocycles. The molecule has 0 aromatic carbocycles. The van der Waals surface area contributed by atoms with E-state index in [2.05, 4.69) is 4.98 Å². The first-order valence-corrected chi connectivity index (χ1v) is 2.33. The molecular weight excluding hydrogens is 124 g/mol. The average molecular weight is 131 g/mol. The lowest BCUT2D eigenvalue weighted by Gasteiger charge is -1.90. The lowest BCUT2D eigenvalue weighted by Crippen LogP contribution is -1.88.